The fourth-order valence-electron chi connectivity index (χ4n) is 4.31. The largest absolute Gasteiger partial charge is 0.508 e. The number of nitrogens with zero attached hydrogens (tertiary/aromatic N) is 1. The van der Waals surface area contributed by atoms with Crippen molar-refractivity contribution in [3.05, 3.63) is 58.8 Å². The molecule has 0 aliphatic rings. The van der Waals surface area contributed by atoms with Gasteiger partial charge in [0.2, 0.25) is 5.91 Å². The Morgan fingerprint density at radius 3 is 2.31 bits per heavy atom. The zero-order valence-corrected chi connectivity index (χ0v) is 23.0. The SMILES string of the molecule is Cc1ccc(NC(=O)CC(=O)O)c2cc(C)n(Cc3ccc(O)c(C(C)C)c3)c12.NCCCCC(N)C(=O)O. The van der Waals surface area contributed by atoms with Gasteiger partial charge in [-0.15, -0.1) is 0 Å². The molecular weight excluding hydrogens is 500 g/mol. The predicted molar refractivity (Wildman–Crippen MR) is 152 cm³/mol. The number of nitrogens with one attached hydrogen (secondary N) is 1. The summed E-state index contributed by atoms with van der Waals surface area (Å²) in [6, 6.07) is 10.7. The second-order valence-corrected chi connectivity index (χ2v) is 9.96. The molecule has 1 aromatic heterocycles. The Hall–Kier alpha value is -3.89. The number of fused-ring (bicyclic) bond motifs is 1. The Bertz CT molecular complexity index is 1310. The molecule has 0 aliphatic carbocycles. The minimum absolute atomic E-state index is 0.218. The van der Waals surface area contributed by atoms with Crippen molar-refractivity contribution in [3.8, 4) is 5.75 Å². The molecule has 212 valence electrons. The van der Waals surface area contributed by atoms with E-state index in [1.165, 1.54) is 0 Å². The number of anilines is 1. The van der Waals surface area contributed by atoms with E-state index in [-0.39, 0.29) is 5.92 Å². The third-order valence-corrected chi connectivity index (χ3v) is 6.39. The van der Waals surface area contributed by atoms with Gasteiger partial charge in [0.1, 0.15) is 18.2 Å². The van der Waals surface area contributed by atoms with E-state index in [4.69, 9.17) is 21.7 Å². The van der Waals surface area contributed by atoms with Crippen LogP contribution in [0.5, 0.6) is 5.75 Å². The maximum atomic E-state index is 11.9. The summed E-state index contributed by atoms with van der Waals surface area (Å²) in [5.41, 5.74) is 16.1. The van der Waals surface area contributed by atoms with Crippen LogP contribution in [0.15, 0.2) is 36.4 Å². The van der Waals surface area contributed by atoms with Crippen LogP contribution in [0.2, 0.25) is 0 Å². The summed E-state index contributed by atoms with van der Waals surface area (Å²) >= 11 is 0. The van der Waals surface area contributed by atoms with Gasteiger partial charge in [-0.25, -0.2) is 0 Å². The van der Waals surface area contributed by atoms with Gasteiger partial charge < -0.3 is 36.7 Å². The van der Waals surface area contributed by atoms with Crippen LogP contribution >= 0.6 is 0 Å². The molecule has 0 spiro atoms. The molecule has 3 aromatic rings. The molecule has 8 N–H and O–H groups in total. The molecule has 2 aromatic carbocycles. The molecule has 1 atom stereocenters. The molecule has 0 aliphatic heterocycles. The van der Waals surface area contributed by atoms with Crippen LogP contribution < -0.4 is 16.8 Å². The van der Waals surface area contributed by atoms with Gasteiger partial charge in [-0.1, -0.05) is 38.5 Å². The number of aryl methyl sites for hydroxylation is 2. The summed E-state index contributed by atoms with van der Waals surface area (Å²) in [6.07, 6.45) is 1.60. The van der Waals surface area contributed by atoms with Crippen LogP contribution in [0.3, 0.4) is 0 Å². The highest BCUT2D eigenvalue weighted by molar-refractivity contribution is 6.07. The molecule has 39 heavy (non-hydrogen) atoms. The maximum absolute atomic E-state index is 11.9. The number of phenolic OH excluding ortho intramolecular Hbond substituents is 1. The van der Waals surface area contributed by atoms with Crippen molar-refractivity contribution in [2.75, 3.05) is 11.9 Å². The van der Waals surface area contributed by atoms with E-state index in [0.29, 0.717) is 30.9 Å². The predicted octanol–water partition coefficient (Wildman–Crippen LogP) is 4.08. The van der Waals surface area contributed by atoms with Gasteiger partial charge in [-0.2, -0.15) is 0 Å². The van der Waals surface area contributed by atoms with Crippen LogP contribution in [0.1, 0.15) is 67.8 Å². The van der Waals surface area contributed by atoms with Crippen molar-refractivity contribution < 1.29 is 29.7 Å². The summed E-state index contributed by atoms with van der Waals surface area (Å²) in [5.74, 6) is -2.12. The first-order valence-corrected chi connectivity index (χ1v) is 13.0. The Balaban J connectivity index is 0.000000455. The second-order valence-electron chi connectivity index (χ2n) is 9.96. The highest BCUT2D eigenvalue weighted by Crippen LogP contribution is 2.32. The van der Waals surface area contributed by atoms with E-state index < -0.39 is 30.3 Å². The van der Waals surface area contributed by atoms with Gasteiger partial charge >= 0.3 is 11.9 Å². The highest BCUT2D eigenvalue weighted by Gasteiger charge is 2.16. The Morgan fingerprint density at radius 1 is 1.03 bits per heavy atom. The molecule has 0 saturated heterocycles. The Morgan fingerprint density at radius 2 is 1.72 bits per heavy atom. The van der Waals surface area contributed by atoms with E-state index >= 15 is 0 Å². The van der Waals surface area contributed by atoms with Crippen LogP contribution in [-0.2, 0) is 20.9 Å². The Kier molecular flexibility index (Phi) is 11.5. The number of benzene rings is 2. The topological polar surface area (TPSA) is 181 Å². The number of carbonyl (C=O) groups is 3. The van der Waals surface area contributed by atoms with Gasteiger partial charge in [0.05, 0.1) is 11.2 Å². The molecule has 0 bridgehead atoms. The summed E-state index contributed by atoms with van der Waals surface area (Å²) in [6.45, 7) is 9.34. The number of amides is 1. The monoisotopic (exact) mass is 540 g/mol. The number of rotatable bonds is 11. The molecule has 0 fully saturated rings. The molecule has 10 heteroatoms. The number of hydrogen-bond donors (Lipinski definition) is 6. The zero-order valence-electron chi connectivity index (χ0n) is 23.0. The van der Waals surface area contributed by atoms with Gasteiger partial charge in [-0.3, -0.25) is 14.4 Å². The van der Waals surface area contributed by atoms with Gasteiger partial charge in [0.15, 0.2) is 0 Å². The average molecular weight is 541 g/mol. The lowest BCUT2D eigenvalue weighted by atomic mass is 9.99. The molecule has 10 nitrogen and oxygen atoms in total. The van der Waals surface area contributed by atoms with Crippen molar-refractivity contribution in [1.29, 1.82) is 0 Å². The van der Waals surface area contributed by atoms with Gasteiger partial charge in [-0.05, 0) is 74.0 Å². The number of aliphatic carboxylic acids is 2. The van der Waals surface area contributed by atoms with E-state index in [1.54, 1.807) is 12.1 Å². The quantitative estimate of drug-likeness (QED) is 0.155. The number of aromatic nitrogens is 1. The lowest BCUT2D eigenvalue weighted by molar-refractivity contribution is -0.140. The number of nitrogens with two attached hydrogens (primary N) is 2. The minimum atomic E-state index is -1.16. The minimum Gasteiger partial charge on any atom is -0.508 e. The van der Waals surface area contributed by atoms with Crippen LogP contribution in [0, 0.1) is 13.8 Å². The fourth-order valence-corrected chi connectivity index (χ4v) is 4.31. The lowest BCUT2D eigenvalue weighted by Gasteiger charge is -2.14. The zero-order chi connectivity index (χ0) is 29.3. The smallest absolute Gasteiger partial charge is 0.320 e. The first kappa shape index (κ1) is 31.3. The number of hydrogen-bond acceptors (Lipinski definition) is 6. The van der Waals surface area contributed by atoms with Crippen molar-refractivity contribution in [3.63, 3.8) is 0 Å². The van der Waals surface area contributed by atoms with Crippen molar-refractivity contribution in [1.82, 2.24) is 4.57 Å². The third kappa shape index (κ3) is 8.83. The molecule has 1 unspecified atom stereocenters. The van der Waals surface area contributed by atoms with E-state index in [0.717, 1.165) is 46.1 Å². The van der Waals surface area contributed by atoms with Gasteiger partial charge in [0.25, 0.3) is 0 Å². The van der Waals surface area contributed by atoms with E-state index in [1.807, 2.05) is 52.0 Å². The Labute approximate surface area is 228 Å². The van der Waals surface area contributed by atoms with E-state index in [2.05, 4.69) is 9.88 Å². The van der Waals surface area contributed by atoms with Crippen molar-refractivity contribution in [2.24, 2.45) is 11.5 Å². The second kappa shape index (κ2) is 14.3. The average Bonchev–Trinajstić information content (AvgIpc) is 3.18. The first-order chi connectivity index (χ1) is 18.3. The number of carboxylic acid groups (broad SMARTS) is 2. The van der Waals surface area contributed by atoms with Crippen LogP contribution in [0.25, 0.3) is 10.9 Å². The van der Waals surface area contributed by atoms with Crippen molar-refractivity contribution >= 4 is 34.4 Å². The molecule has 0 saturated carbocycles. The fraction of sp³-hybridized carbons (Fsp3) is 0.414. The number of unbranched alkanes of at least 4 members (excludes halogenated alkanes) is 1. The number of carbonyl (C=O) groups excluding carboxylic acids is 1. The number of aromatic hydroxyl groups is 1. The van der Waals surface area contributed by atoms with Crippen LogP contribution in [0.4, 0.5) is 5.69 Å². The number of phenols is 1. The molecule has 3 rings (SSSR count). The van der Waals surface area contributed by atoms with Gasteiger partial charge in [0, 0.05) is 17.6 Å². The third-order valence-electron chi connectivity index (χ3n) is 6.39. The normalized spacial score (nSPS) is 11.7. The molecule has 1 amide bonds. The van der Waals surface area contributed by atoms with Crippen LogP contribution in [-0.4, -0.2) is 50.3 Å². The maximum Gasteiger partial charge on any atom is 0.320 e. The van der Waals surface area contributed by atoms with E-state index in [9.17, 15) is 19.5 Å². The summed E-state index contributed by atoms with van der Waals surface area (Å²) in [7, 11) is 0. The first-order valence-electron chi connectivity index (χ1n) is 13.0. The summed E-state index contributed by atoms with van der Waals surface area (Å²) in [4.78, 5) is 32.9. The molecule has 1 heterocycles. The summed E-state index contributed by atoms with van der Waals surface area (Å²) < 4.78 is 2.17. The summed E-state index contributed by atoms with van der Waals surface area (Å²) in [5, 5.41) is 30.8. The highest BCUT2D eigenvalue weighted by atomic mass is 16.4. The van der Waals surface area contributed by atoms with Crippen molar-refractivity contribution in [2.45, 2.75) is 71.9 Å². The molecular formula is C29H40N4O6. The number of carboxylic acids is 2. The molecule has 0 radical (unpaired) electrons. The standard InChI is InChI=1S/C23H26N2O4.C6H14N2O2/c1-13(2)17-10-16(6-8-20(17)26)12-25-15(4)9-18-19(7-5-14(3)23(18)25)24-21(27)11-22(28)29;7-4-2-1-3-5(8)6(9)10/h5-10,13,26H,11-12H2,1-4H3,(H,24,27)(H,28,29);5H,1-4,7-8H2,(H,9,10). The lowest BCUT2D eigenvalue weighted by Crippen LogP contribution is -2.29.